The summed E-state index contributed by atoms with van der Waals surface area (Å²) >= 11 is 0. The van der Waals surface area contributed by atoms with Crippen LogP contribution in [0.2, 0.25) is 0 Å². The van der Waals surface area contributed by atoms with Gasteiger partial charge in [-0.1, -0.05) is 31.0 Å². The number of ether oxygens (including phenoxy) is 1. The van der Waals surface area contributed by atoms with Crippen molar-refractivity contribution >= 4 is 5.91 Å². The molecule has 0 saturated carbocycles. The number of nitrogens with one attached hydrogen (secondary N) is 1. The summed E-state index contributed by atoms with van der Waals surface area (Å²) in [5.74, 6) is 1.08. The molecule has 0 unspecified atom stereocenters. The van der Waals surface area contributed by atoms with Crippen LogP contribution < -0.4 is 10.1 Å². The maximum Gasteiger partial charge on any atom is 0.234 e. The molecule has 0 aromatic heterocycles. The minimum Gasteiger partial charge on any atom is -0.488 e. The molecule has 0 bridgehead atoms. The van der Waals surface area contributed by atoms with Crippen molar-refractivity contribution in [2.45, 2.75) is 38.2 Å². The Balaban J connectivity index is 1.40. The van der Waals surface area contributed by atoms with Gasteiger partial charge in [0.1, 0.15) is 11.9 Å². The lowest BCUT2D eigenvalue weighted by molar-refractivity contribution is -0.122. The highest BCUT2D eigenvalue weighted by Gasteiger charge is 2.23. The van der Waals surface area contributed by atoms with Crippen molar-refractivity contribution in [3.8, 4) is 5.75 Å². The number of hydrogen-bond donors (Lipinski definition) is 1. The molecular formula is C17H24N2O2. The van der Waals surface area contributed by atoms with Crippen LogP contribution in [0.5, 0.6) is 5.75 Å². The Hall–Kier alpha value is -1.55. The summed E-state index contributed by atoms with van der Waals surface area (Å²) in [6.45, 7) is 3.23. The van der Waals surface area contributed by atoms with Gasteiger partial charge in [0, 0.05) is 6.42 Å². The minimum absolute atomic E-state index is 0.0792. The van der Waals surface area contributed by atoms with Crippen LogP contribution in [-0.2, 0) is 11.2 Å². The Morgan fingerprint density at radius 1 is 1.19 bits per heavy atom. The van der Waals surface area contributed by atoms with E-state index in [0.717, 1.165) is 25.3 Å². The van der Waals surface area contributed by atoms with Crippen molar-refractivity contribution in [1.82, 2.24) is 10.2 Å². The van der Waals surface area contributed by atoms with Crippen LogP contribution in [0, 0.1) is 0 Å². The van der Waals surface area contributed by atoms with Crippen molar-refractivity contribution in [2.24, 2.45) is 0 Å². The zero-order valence-corrected chi connectivity index (χ0v) is 12.5. The van der Waals surface area contributed by atoms with E-state index in [-0.39, 0.29) is 12.0 Å². The Bertz CT molecular complexity index is 456. The molecule has 0 spiro atoms. The molecule has 1 fully saturated rings. The number of likely N-dealkylation sites (tertiary alicyclic amines) is 1. The second kappa shape index (κ2) is 6.94. The maximum atomic E-state index is 12.0. The normalized spacial score (nSPS) is 22.2. The fourth-order valence-electron chi connectivity index (χ4n) is 3.15. The molecule has 2 aliphatic rings. The molecule has 0 radical (unpaired) electrons. The average Bonchev–Trinajstić information content (AvgIpc) is 2.74. The van der Waals surface area contributed by atoms with E-state index in [1.807, 2.05) is 18.2 Å². The summed E-state index contributed by atoms with van der Waals surface area (Å²) in [7, 11) is 0. The van der Waals surface area contributed by atoms with Crippen molar-refractivity contribution < 1.29 is 9.53 Å². The third-order valence-electron chi connectivity index (χ3n) is 4.31. The van der Waals surface area contributed by atoms with Gasteiger partial charge in [-0.15, -0.1) is 0 Å². The van der Waals surface area contributed by atoms with Gasteiger partial charge in [0.25, 0.3) is 0 Å². The Labute approximate surface area is 126 Å². The fraction of sp³-hybridized carbons (Fsp3) is 0.588. The number of para-hydroxylation sites is 1. The molecule has 21 heavy (non-hydrogen) atoms. The molecule has 114 valence electrons. The van der Waals surface area contributed by atoms with E-state index in [4.69, 9.17) is 4.74 Å². The van der Waals surface area contributed by atoms with E-state index in [9.17, 15) is 4.79 Å². The van der Waals surface area contributed by atoms with Crippen LogP contribution in [0.15, 0.2) is 24.3 Å². The van der Waals surface area contributed by atoms with E-state index < -0.39 is 0 Å². The zero-order valence-electron chi connectivity index (χ0n) is 12.5. The van der Waals surface area contributed by atoms with Gasteiger partial charge in [-0.2, -0.15) is 0 Å². The summed E-state index contributed by atoms with van der Waals surface area (Å²) in [5.41, 5.74) is 1.24. The summed E-state index contributed by atoms with van der Waals surface area (Å²) in [5, 5.41) is 3.02. The number of carbonyl (C=O) groups excluding carboxylic acids is 1. The van der Waals surface area contributed by atoms with Gasteiger partial charge in [0.15, 0.2) is 0 Å². The van der Waals surface area contributed by atoms with Gasteiger partial charge in [-0.05, 0) is 37.6 Å². The number of nitrogens with zero attached hydrogens (tertiary/aromatic N) is 1. The standard InChI is InChI=1S/C17H24N2O2/c20-17(13-19-9-5-1-2-6-10-19)18-12-15-11-14-7-3-4-8-16(14)21-15/h3-4,7-8,15H,1-2,5-6,9-13H2,(H,18,20)/t15-/m1/s1. The highest BCUT2D eigenvalue weighted by molar-refractivity contribution is 5.78. The molecule has 4 nitrogen and oxygen atoms in total. The quantitative estimate of drug-likeness (QED) is 0.921. The lowest BCUT2D eigenvalue weighted by Crippen LogP contribution is -2.41. The number of fused-ring (bicyclic) bond motifs is 1. The zero-order chi connectivity index (χ0) is 14.5. The SMILES string of the molecule is O=C(CN1CCCCCC1)NC[C@H]1Cc2ccccc2O1. The second-order valence-electron chi connectivity index (χ2n) is 6.05. The van der Waals surface area contributed by atoms with Gasteiger partial charge < -0.3 is 10.1 Å². The number of benzene rings is 1. The van der Waals surface area contributed by atoms with Crippen molar-refractivity contribution in [2.75, 3.05) is 26.2 Å². The first-order chi connectivity index (χ1) is 10.3. The molecule has 4 heteroatoms. The first-order valence-electron chi connectivity index (χ1n) is 8.05. The van der Waals surface area contributed by atoms with Crippen LogP contribution in [-0.4, -0.2) is 43.1 Å². The van der Waals surface area contributed by atoms with Gasteiger partial charge in [-0.3, -0.25) is 9.69 Å². The molecular weight excluding hydrogens is 264 g/mol. The van der Waals surface area contributed by atoms with Gasteiger partial charge in [0.05, 0.1) is 13.1 Å². The van der Waals surface area contributed by atoms with Crippen LogP contribution in [0.25, 0.3) is 0 Å². The molecule has 1 saturated heterocycles. The minimum atomic E-state index is 0.0792. The van der Waals surface area contributed by atoms with Crippen LogP contribution in [0.1, 0.15) is 31.2 Å². The summed E-state index contributed by atoms with van der Waals surface area (Å²) in [4.78, 5) is 14.3. The topological polar surface area (TPSA) is 41.6 Å². The number of carbonyl (C=O) groups is 1. The molecule has 1 amide bonds. The summed E-state index contributed by atoms with van der Waals surface area (Å²) in [6, 6.07) is 8.10. The number of hydrogen-bond acceptors (Lipinski definition) is 3. The van der Waals surface area contributed by atoms with Crippen LogP contribution in [0.4, 0.5) is 0 Å². The van der Waals surface area contributed by atoms with E-state index in [1.54, 1.807) is 0 Å². The van der Waals surface area contributed by atoms with Crippen molar-refractivity contribution in [1.29, 1.82) is 0 Å². The lowest BCUT2D eigenvalue weighted by atomic mass is 10.1. The van der Waals surface area contributed by atoms with E-state index in [1.165, 1.54) is 31.2 Å². The lowest BCUT2D eigenvalue weighted by Gasteiger charge is -2.19. The van der Waals surface area contributed by atoms with Gasteiger partial charge in [0.2, 0.25) is 5.91 Å². The van der Waals surface area contributed by atoms with E-state index >= 15 is 0 Å². The predicted octanol–water partition coefficient (Wildman–Crippen LogP) is 1.98. The summed E-state index contributed by atoms with van der Waals surface area (Å²) in [6.07, 6.45) is 6.00. The predicted molar refractivity (Wildman–Crippen MR) is 82.5 cm³/mol. The highest BCUT2D eigenvalue weighted by atomic mass is 16.5. The van der Waals surface area contributed by atoms with Crippen molar-refractivity contribution in [3.05, 3.63) is 29.8 Å². The fourth-order valence-corrected chi connectivity index (χ4v) is 3.15. The molecule has 1 aromatic rings. The van der Waals surface area contributed by atoms with Crippen LogP contribution in [0.3, 0.4) is 0 Å². The summed E-state index contributed by atoms with van der Waals surface area (Å²) < 4.78 is 5.84. The molecule has 0 aliphatic carbocycles. The average molecular weight is 288 g/mol. The van der Waals surface area contributed by atoms with Gasteiger partial charge >= 0.3 is 0 Å². The number of rotatable bonds is 4. The molecule has 3 rings (SSSR count). The first kappa shape index (κ1) is 14.4. The second-order valence-corrected chi connectivity index (χ2v) is 6.05. The molecule has 2 heterocycles. The molecule has 1 aromatic carbocycles. The first-order valence-corrected chi connectivity index (χ1v) is 8.05. The smallest absolute Gasteiger partial charge is 0.234 e. The van der Waals surface area contributed by atoms with E-state index in [2.05, 4.69) is 16.3 Å². The van der Waals surface area contributed by atoms with Crippen LogP contribution >= 0.6 is 0 Å². The maximum absolute atomic E-state index is 12.0. The highest BCUT2D eigenvalue weighted by Crippen LogP contribution is 2.27. The molecule has 1 N–H and O–H groups in total. The Morgan fingerprint density at radius 2 is 1.95 bits per heavy atom. The van der Waals surface area contributed by atoms with Crippen molar-refractivity contribution in [3.63, 3.8) is 0 Å². The Kier molecular flexibility index (Phi) is 4.76. The number of amides is 1. The monoisotopic (exact) mass is 288 g/mol. The van der Waals surface area contributed by atoms with Gasteiger partial charge in [-0.25, -0.2) is 0 Å². The molecule has 2 aliphatic heterocycles. The third-order valence-corrected chi connectivity index (χ3v) is 4.31. The van der Waals surface area contributed by atoms with E-state index in [0.29, 0.717) is 13.1 Å². The third kappa shape index (κ3) is 3.97. The Morgan fingerprint density at radius 3 is 2.71 bits per heavy atom. The molecule has 1 atom stereocenters. The largest absolute Gasteiger partial charge is 0.488 e.